The third-order valence-corrected chi connectivity index (χ3v) is 15.4. The summed E-state index contributed by atoms with van der Waals surface area (Å²) in [4.78, 5) is 115. The number of para-hydroxylation sites is 1. The third-order valence-electron chi connectivity index (χ3n) is 12.1. The van der Waals surface area contributed by atoms with Crippen molar-refractivity contribution in [2.45, 2.75) is 113 Å². The molecule has 74 heavy (non-hydrogen) atoms. The Hall–Kier alpha value is -5.97. The fourth-order valence-electron chi connectivity index (χ4n) is 7.91. The van der Waals surface area contributed by atoms with Gasteiger partial charge in [-0.25, -0.2) is 4.79 Å². The van der Waals surface area contributed by atoms with Gasteiger partial charge in [0.05, 0.1) is 22.3 Å². The number of phenolic OH excluding ortho intramolecular Hbond substituents is 1. The molecule has 1 aromatic heterocycles. The second kappa shape index (κ2) is 28.6. The number of rotatable bonds is 17. The molecular weight excluding hydrogens is 1110 g/mol. The number of nitrogens with one attached hydrogen (secondary N) is 8. The van der Waals surface area contributed by atoms with E-state index in [1.165, 1.54) is 13.0 Å². The molecule has 18 N–H and O–H groups in total. The predicted octanol–water partition coefficient (Wildman–Crippen LogP) is -1.84. The number of quaternary nitrogens is 2. The molecule has 1 aliphatic rings. The van der Waals surface area contributed by atoms with Crippen molar-refractivity contribution in [2.24, 2.45) is 0 Å². The maximum Gasteiger partial charge on any atom is 0.328 e. The summed E-state index contributed by atoms with van der Waals surface area (Å²) in [5.41, 5.74) is 10.5. The van der Waals surface area contributed by atoms with Crippen LogP contribution in [0, 0.1) is 3.57 Å². The van der Waals surface area contributed by atoms with Gasteiger partial charge < -0.3 is 74.1 Å². The van der Waals surface area contributed by atoms with Crippen LogP contribution in [-0.4, -0.2) is 151 Å². The molecule has 0 radical (unpaired) electrons. The zero-order valence-electron chi connectivity index (χ0n) is 40.8. The van der Waals surface area contributed by atoms with Crippen LogP contribution in [0.4, 0.5) is 0 Å². The van der Waals surface area contributed by atoms with E-state index in [4.69, 9.17) is 0 Å². The molecule has 4 aromatic rings. The number of hydrogen-bond donors (Lipinski definition) is 14. The van der Waals surface area contributed by atoms with Crippen molar-refractivity contribution in [3.05, 3.63) is 99.3 Å². The Bertz CT molecular complexity index is 2610. The summed E-state index contributed by atoms with van der Waals surface area (Å²) >= 11 is 1.92. The Morgan fingerprint density at radius 2 is 1.41 bits per heavy atom. The van der Waals surface area contributed by atoms with Gasteiger partial charge in [-0.15, -0.1) is 0 Å². The number of carbonyl (C=O) groups is 8. The van der Waals surface area contributed by atoms with Crippen molar-refractivity contribution < 1.29 is 70.2 Å². The molecule has 400 valence electrons. The van der Waals surface area contributed by atoms with Gasteiger partial charge in [-0.2, -0.15) is 0 Å². The van der Waals surface area contributed by atoms with Crippen molar-refractivity contribution in [3.8, 4) is 5.75 Å². The van der Waals surface area contributed by atoms with Crippen LogP contribution in [0.25, 0.3) is 10.9 Å². The molecule has 1 aliphatic heterocycles. The minimum atomic E-state index is -1.81. The molecule has 7 amide bonds. The standard InChI is InChI=1S/C49H63IN10O12S2/c1-25(61)40-48(70)58-38(47(69)60-41(26(2)62)49(71)72)24-74-73-23-37(57-42(64)32(52)19-27-10-4-3-5-11-27)46(68)55-35(20-28-15-16-39(63)31(50)18-28)44(66)56-36(21-29-22-53-33-13-7-6-12-30(29)33)45(67)54-34(43(65)59-40)14-8-9-17-51/h3-7,10-13,15-16,18,22,25-26,32,34-38,40-41,53,61-63H,8-9,14,17,19-21,23-24,51-52H2,1-2H3,(H,54,67)(H,55,68)(H,56,66)(H,57,64)(H,58,70)(H,59,65)(H,60,69)(H,71,72)/p+2/t25?,26?,32?,34-,35-,36+,37?,38-,40-,41-/m0/s1/i50-4. The third kappa shape index (κ3) is 17.3. The van der Waals surface area contributed by atoms with Gasteiger partial charge in [0.15, 0.2) is 12.1 Å². The van der Waals surface area contributed by atoms with Gasteiger partial charge in [0, 0.05) is 47.9 Å². The summed E-state index contributed by atoms with van der Waals surface area (Å²) in [6, 6.07) is 9.35. The van der Waals surface area contributed by atoms with E-state index < -0.39 is 108 Å². The SMILES string of the molecule is CC(O)[C@H](NC(=O)[C@@H]1CSSCC(NC(=O)C([NH3+])Cc2ccccc2)C(=O)N[C@@H](Cc2ccc(O)c([123I])c2)C(=O)N[C@H](Cc2c[nH]c3ccccc23)C(=O)N[C@@H](CCCC[NH3+])C(=O)N[C@@H](C(C)O)C(=O)N1)C(=O)O. The number of aliphatic carboxylic acids is 1. The maximum atomic E-state index is 14.8. The molecule has 1 fully saturated rings. The Kier molecular flexibility index (Phi) is 22.8. The number of phenols is 1. The number of aromatic amines is 1. The molecule has 3 aromatic carbocycles. The van der Waals surface area contributed by atoms with Gasteiger partial charge in [0.2, 0.25) is 35.4 Å². The van der Waals surface area contributed by atoms with Crippen LogP contribution in [0.3, 0.4) is 0 Å². The van der Waals surface area contributed by atoms with Crippen molar-refractivity contribution in [2.75, 3.05) is 18.1 Å². The Morgan fingerprint density at radius 3 is 2.07 bits per heavy atom. The molecule has 10 atom stereocenters. The van der Waals surface area contributed by atoms with Crippen LogP contribution in [0.1, 0.15) is 49.8 Å². The van der Waals surface area contributed by atoms with E-state index in [9.17, 15) is 58.8 Å². The second-order valence-corrected chi connectivity index (χ2v) is 21.7. The number of hydrogen-bond acceptors (Lipinski definition) is 13. The van der Waals surface area contributed by atoms with Crippen LogP contribution in [-0.2, 0) is 57.6 Å². The number of carboxylic acid groups (broad SMARTS) is 1. The van der Waals surface area contributed by atoms with E-state index in [2.05, 4.69) is 53.7 Å². The zero-order valence-corrected chi connectivity index (χ0v) is 44.6. The number of amides is 7. The summed E-state index contributed by atoms with van der Waals surface area (Å²) in [6.07, 6.45) is -0.636. The highest BCUT2D eigenvalue weighted by Gasteiger charge is 2.37. The number of benzene rings is 3. The van der Waals surface area contributed by atoms with Crippen LogP contribution < -0.4 is 48.7 Å². The fraction of sp³-hybridized carbons (Fsp3) is 0.429. The smallest absolute Gasteiger partial charge is 0.328 e. The van der Waals surface area contributed by atoms with Gasteiger partial charge in [0.1, 0.15) is 42.0 Å². The first kappa shape index (κ1) is 58.9. The normalized spacial score (nSPS) is 22.3. The van der Waals surface area contributed by atoms with Crippen molar-refractivity contribution in [1.82, 2.24) is 42.2 Å². The lowest BCUT2D eigenvalue weighted by Crippen LogP contribution is -2.70. The Morgan fingerprint density at radius 1 is 0.770 bits per heavy atom. The molecule has 22 nitrogen and oxygen atoms in total. The highest BCUT2D eigenvalue weighted by Crippen LogP contribution is 2.25. The number of carbonyl (C=O) groups excluding carboxylic acids is 7. The number of fused-ring (bicyclic) bond motifs is 1. The zero-order chi connectivity index (χ0) is 54.1. The maximum absolute atomic E-state index is 14.8. The highest BCUT2D eigenvalue weighted by molar-refractivity contribution is 14.1. The van der Waals surface area contributed by atoms with E-state index in [-0.39, 0.29) is 42.9 Å². The number of carboxylic acids is 1. The first-order chi connectivity index (χ1) is 35.3. The molecule has 25 heteroatoms. The monoisotopic (exact) mass is 1170 g/mol. The molecule has 0 aliphatic carbocycles. The highest BCUT2D eigenvalue weighted by atomic mass is 123. The van der Waals surface area contributed by atoms with E-state index in [0.29, 0.717) is 34.1 Å². The second-order valence-electron chi connectivity index (χ2n) is 18.0. The number of halogens is 1. The first-order valence-corrected chi connectivity index (χ1v) is 27.5. The summed E-state index contributed by atoms with van der Waals surface area (Å²) in [7, 11) is 1.91. The summed E-state index contributed by atoms with van der Waals surface area (Å²) < 4.78 is 0.447. The molecule has 4 unspecified atom stereocenters. The van der Waals surface area contributed by atoms with E-state index in [1.54, 1.807) is 36.5 Å². The quantitative estimate of drug-likeness (QED) is 0.0314. The summed E-state index contributed by atoms with van der Waals surface area (Å²) in [6.45, 7) is 2.84. The topological polar surface area (TPSA) is 373 Å². The van der Waals surface area contributed by atoms with Gasteiger partial charge >= 0.3 is 5.97 Å². The van der Waals surface area contributed by atoms with E-state index in [0.717, 1.165) is 45.0 Å². The number of aliphatic hydroxyl groups excluding tert-OH is 2. The molecule has 0 bridgehead atoms. The van der Waals surface area contributed by atoms with E-state index >= 15 is 0 Å². The van der Waals surface area contributed by atoms with Gasteiger partial charge in [-0.1, -0.05) is 76.2 Å². The molecule has 0 saturated carbocycles. The van der Waals surface area contributed by atoms with Gasteiger partial charge in [-0.05, 0) is 90.6 Å². The first-order valence-electron chi connectivity index (χ1n) is 23.9. The number of aliphatic hydroxyl groups is 2. The molecular formula is C49H65IN10O12S2+2. The van der Waals surface area contributed by atoms with Crippen molar-refractivity contribution in [1.29, 1.82) is 0 Å². The largest absolute Gasteiger partial charge is 0.507 e. The minimum Gasteiger partial charge on any atom is -0.507 e. The lowest BCUT2D eigenvalue weighted by molar-refractivity contribution is -0.403. The van der Waals surface area contributed by atoms with Crippen LogP contribution in [0.5, 0.6) is 5.75 Å². The number of aromatic hydroxyl groups is 1. The molecule has 5 rings (SSSR count). The minimum absolute atomic E-state index is 0.0224. The van der Waals surface area contributed by atoms with Crippen LogP contribution in [0.2, 0.25) is 0 Å². The van der Waals surface area contributed by atoms with Crippen LogP contribution >= 0.6 is 44.2 Å². The molecule has 0 spiro atoms. The summed E-state index contributed by atoms with van der Waals surface area (Å²) in [5.74, 6) is -8.25. The number of unbranched alkanes of at least 4 members (excludes halogenated alkanes) is 1. The molecule has 2 heterocycles. The predicted molar refractivity (Wildman–Crippen MR) is 284 cm³/mol. The Balaban J connectivity index is 1.60. The van der Waals surface area contributed by atoms with Crippen LogP contribution in [0.15, 0.2) is 79.0 Å². The average Bonchev–Trinajstić information content (AvgIpc) is 3.77. The lowest BCUT2D eigenvalue weighted by atomic mass is 10.0. The number of H-pyrrole nitrogens is 1. The van der Waals surface area contributed by atoms with Crippen molar-refractivity contribution >= 4 is 102 Å². The number of aromatic nitrogens is 1. The Labute approximate surface area is 448 Å². The van der Waals surface area contributed by atoms with Crippen molar-refractivity contribution in [3.63, 3.8) is 0 Å². The molecule has 1 saturated heterocycles. The van der Waals surface area contributed by atoms with Gasteiger partial charge in [0.25, 0.3) is 5.91 Å². The fourth-order valence-corrected chi connectivity index (χ4v) is 10.8. The average molecular weight is 1170 g/mol. The van der Waals surface area contributed by atoms with Gasteiger partial charge in [-0.3, -0.25) is 33.6 Å². The lowest BCUT2D eigenvalue weighted by Gasteiger charge is -2.29. The summed E-state index contributed by atoms with van der Waals surface area (Å²) in [5, 5.41) is 60.2. The van der Waals surface area contributed by atoms with E-state index in [1.807, 2.05) is 59.0 Å².